The minimum Gasteiger partial charge on any atom is -0.382 e. The first-order chi connectivity index (χ1) is 7.29. The van der Waals surface area contributed by atoms with Crippen molar-refractivity contribution in [1.82, 2.24) is 19.5 Å². The molecular formula is C9H8N6. The molecule has 2 rings (SSSR count). The van der Waals surface area contributed by atoms with E-state index in [1.807, 2.05) is 6.07 Å². The minimum absolute atomic E-state index is 0.355. The second-order valence-corrected chi connectivity index (χ2v) is 2.92. The average molecular weight is 200 g/mol. The van der Waals surface area contributed by atoms with Crippen molar-refractivity contribution in [3.63, 3.8) is 0 Å². The van der Waals surface area contributed by atoms with E-state index in [0.29, 0.717) is 18.2 Å². The van der Waals surface area contributed by atoms with Crippen LogP contribution in [-0.2, 0) is 6.54 Å². The van der Waals surface area contributed by atoms with Crippen LogP contribution in [-0.4, -0.2) is 19.5 Å². The number of aromatic nitrogens is 4. The van der Waals surface area contributed by atoms with Gasteiger partial charge in [-0.3, -0.25) is 4.98 Å². The summed E-state index contributed by atoms with van der Waals surface area (Å²) in [6.07, 6.45) is 6.36. The first-order valence-corrected chi connectivity index (χ1v) is 4.27. The van der Waals surface area contributed by atoms with Crippen molar-refractivity contribution >= 4 is 5.82 Å². The maximum absolute atomic E-state index is 8.74. The lowest BCUT2D eigenvalue weighted by Gasteiger charge is -2.02. The van der Waals surface area contributed by atoms with Crippen molar-refractivity contribution in [2.24, 2.45) is 0 Å². The molecule has 2 aromatic rings. The third-order valence-electron chi connectivity index (χ3n) is 1.87. The standard InChI is InChI=1S/C9H8N6/c10-3-9-12-1-2-15(9)6-7-4-14-8(11)5-13-7/h1-2,4-5H,6H2,(H2,11,14). The predicted octanol–water partition coefficient (Wildman–Crippen LogP) is 0.175. The fourth-order valence-electron chi connectivity index (χ4n) is 1.17. The van der Waals surface area contributed by atoms with E-state index in [9.17, 15) is 0 Å². The van der Waals surface area contributed by atoms with E-state index in [-0.39, 0.29) is 0 Å². The van der Waals surface area contributed by atoms with E-state index in [1.54, 1.807) is 23.2 Å². The van der Waals surface area contributed by atoms with Gasteiger partial charge < -0.3 is 10.3 Å². The van der Waals surface area contributed by atoms with E-state index in [0.717, 1.165) is 5.69 Å². The van der Waals surface area contributed by atoms with Crippen LogP contribution in [0.5, 0.6) is 0 Å². The third kappa shape index (κ3) is 1.91. The lowest BCUT2D eigenvalue weighted by molar-refractivity contribution is 0.755. The Morgan fingerprint density at radius 1 is 1.33 bits per heavy atom. The highest BCUT2D eigenvalue weighted by molar-refractivity contribution is 5.23. The van der Waals surface area contributed by atoms with Gasteiger partial charge in [0.1, 0.15) is 11.9 Å². The number of imidazole rings is 1. The molecule has 0 amide bonds. The second kappa shape index (κ2) is 3.75. The van der Waals surface area contributed by atoms with Gasteiger partial charge in [-0.2, -0.15) is 5.26 Å². The molecule has 0 saturated carbocycles. The Labute approximate surface area is 86.0 Å². The van der Waals surface area contributed by atoms with Crippen molar-refractivity contribution in [2.45, 2.75) is 6.54 Å². The first-order valence-electron chi connectivity index (χ1n) is 4.27. The molecule has 0 spiro atoms. The molecule has 0 unspecified atom stereocenters. The summed E-state index contributed by atoms with van der Waals surface area (Å²) in [6, 6.07) is 1.99. The smallest absolute Gasteiger partial charge is 0.213 e. The molecule has 2 heterocycles. The van der Waals surface area contributed by atoms with Gasteiger partial charge >= 0.3 is 0 Å². The van der Waals surface area contributed by atoms with Crippen LogP contribution in [0.1, 0.15) is 11.5 Å². The normalized spacial score (nSPS) is 9.80. The molecule has 2 N–H and O–H groups in total. The van der Waals surface area contributed by atoms with Gasteiger partial charge in [-0.25, -0.2) is 9.97 Å². The van der Waals surface area contributed by atoms with E-state index in [1.165, 1.54) is 6.20 Å². The van der Waals surface area contributed by atoms with Gasteiger partial charge in [-0.05, 0) is 0 Å². The Balaban J connectivity index is 2.23. The molecule has 0 saturated heterocycles. The van der Waals surface area contributed by atoms with Gasteiger partial charge in [-0.15, -0.1) is 0 Å². The lowest BCUT2D eigenvalue weighted by atomic mass is 10.4. The van der Waals surface area contributed by atoms with Crippen LogP contribution in [0.25, 0.3) is 0 Å². The van der Waals surface area contributed by atoms with Crippen LogP contribution < -0.4 is 5.73 Å². The number of nitrogens with zero attached hydrogens (tertiary/aromatic N) is 5. The summed E-state index contributed by atoms with van der Waals surface area (Å²) < 4.78 is 1.69. The molecular weight excluding hydrogens is 192 g/mol. The monoisotopic (exact) mass is 200 g/mol. The molecule has 0 bridgehead atoms. The van der Waals surface area contributed by atoms with E-state index >= 15 is 0 Å². The number of rotatable bonds is 2. The summed E-state index contributed by atoms with van der Waals surface area (Å²) in [4.78, 5) is 11.9. The highest BCUT2D eigenvalue weighted by atomic mass is 15.1. The number of nitriles is 1. The Morgan fingerprint density at radius 2 is 2.20 bits per heavy atom. The molecule has 6 heteroatoms. The van der Waals surface area contributed by atoms with Gasteiger partial charge in [0.05, 0.1) is 24.6 Å². The zero-order chi connectivity index (χ0) is 10.7. The number of nitrogen functional groups attached to an aromatic ring is 1. The van der Waals surface area contributed by atoms with Crippen LogP contribution in [0, 0.1) is 11.3 Å². The first kappa shape index (κ1) is 9.15. The van der Waals surface area contributed by atoms with Crippen LogP contribution >= 0.6 is 0 Å². The van der Waals surface area contributed by atoms with Crippen molar-refractivity contribution in [2.75, 3.05) is 5.73 Å². The molecule has 0 aliphatic heterocycles. The quantitative estimate of drug-likeness (QED) is 0.746. The second-order valence-electron chi connectivity index (χ2n) is 2.92. The van der Waals surface area contributed by atoms with E-state index < -0.39 is 0 Å². The highest BCUT2D eigenvalue weighted by Crippen LogP contribution is 2.02. The van der Waals surface area contributed by atoms with Crippen LogP contribution in [0.2, 0.25) is 0 Å². The third-order valence-corrected chi connectivity index (χ3v) is 1.87. The SMILES string of the molecule is N#Cc1nccn1Cc1cnc(N)cn1. The van der Waals surface area contributed by atoms with Gasteiger partial charge in [0.15, 0.2) is 0 Å². The number of hydrogen-bond acceptors (Lipinski definition) is 5. The van der Waals surface area contributed by atoms with Gasteiger partial charge in [0, 0.05) is 12.4 Å². The Kier molecular flexibility index (Phi) is 2.29. The van der Waals surface area contributed by atoms with Crippen molar-refractivity contribution in [3.05, 3.63) is 36.3 Å². The summed E-state index contributed by atoms with van der Waals surface area (Å²) in [5.74, 6) is 0.735. The van der Waals surface area contributed by atoms with Crippen LogP contribution in [0.4, 0.5) is 5.82 Å². The van der Waals surface area contributed by atoms with Gasteiger partial charge in [0.25, 0.3) is 0 Å². The Morgan fingerprint density at radius 3 is 2.87 bits per heavy atom. The Hall–Kier alpha value is -2.42. The van der Waals surface area contributed by atoms with Crippen LogP contribution in [0.15, 0.2) is 24.8 Å². The van der Waals surface area contributed by atoms with E-state index in [2.05, 4.69) is 15.0 Å². The molecule has 15 heavy (non-hydrogen) atoms. The van der Waals surface area contributed by atoms with Crippen molar-refractivity contribution in [1.29, 1.82) is 5.26 Å². The van der Waals surface area contributed by atoms with Crippen molar-refractivity contribution < 1.29 is 0 Å². The number of anilines is 1. The summed E-state index contributed by atoms with van der Waals surface area (Å²) in [7, 11) is 0. The maximum atomic E-state index is 8.74. The molecule has 0 atom stereocenters. The molecule has 0 aliphatic carbocycles. The van der Waals surface area contributed by atoms with Gasteiger partial charge in [0.2, 0.25) is 5.82 Å². The zero-order valence-corrected chi connectivity index (χ0v) is 7.83. The molecule has 74 valence electrons. The molecule has 0 aliphatic rings. The molecule has 2 aromatic heterocycles. The fourth-order valence-corrected chi connectivity index (χ4v) is 1.17. The Bertz CT molecular complexity index is 492. The van der Waals surface area contributed by atoms with Gasteiger partial charge in [-0.1, -0.05) is 0 Å². The molecule has 0 fully saturated rings. The lowest BCUT2D eigenvalue weighted by Crippen LogP contribution is -2.04. The number of hydrogen-bond donors (Lipinski definition) is 1. The average Bonchev–Trinajstić information content (AvgIpc) is 2.69. The summed E-state index contributed by atoms with van der Waals surface area (Å²) >= 11 is 0. The summed E-state index contributed by atoms with van der Waals surface area (Å²) in [5, 5.41) is 8.74. The summed E-state index contributed by atoms with van der Waals surface area (Å²) in [5.41, 5.74) is 6.15. The number of nitrogens with two attached hydrogens (primary N) is 1. The maximum Gasteiger partial charge on any atom is 0.213 e. The highest BCUT2D eigenvalue weighted by Gasteiger charge is 2.02. The minimum atomic E-state index is 0.355. The van der Waals surface area contributed by atoms with Crippen molar-refractivity contribution in [3.8, 4) is 6.07 Å². The predicted molar refractivity (Wildman–Crippen MR) is 52.5 cm³/mol. The largest absolute Gasteiger partial charge is 0.382 e. The summed E-state index contributed by atoms with van der Waals surface area (Å²) in [6.45, 7) is 0.468. The molecule has 0 aromatic carbocycles. The molecule has 0 radical (unpaired) electrons. The van der Waals surface area contributed by atoms with E-state index in [4.69, 9.17) is 11.0 Å². The molecule has 6 nitrogen and oxygen atoms in total. The fraction of sp³-hybridized carbons (Fsp3) is 0.111. The topological polar surface area (TPSA) is 93.4 Å². The van der Waals surface area contributed by atoms with Crippen LogP contribution in [0.3, 0.4) is 0 Å². The zero-order valence-electron chi connectivity index (χ0n) is 7.83.